The topological polar surface area (TPSA) is 79.3 Å². The van der Waals surface area contributed by atoms with Crippen LogP contribution in [0.3, 0.4) is 0 Å². The normalized spacial score (nSPS) is 12.5. The Bertz CT molecular complexity index is 345. The lowest BCUT2D eigenvalue weighted by atomic mass is 10.4. The zero-order valence-corrected chi connectivity index (χ0v) is 11.2. The molecule has 0 spiro atoms. The fraction of sp³-hybridized carbons (Fsp3) is 0.667. The fourth-order valence-corrected chi connectivity index (χ4v) is 1.33. The van der Waals surface area contributed by atoms with E-state index in [2.05, 4.69) is 20.6 Å². The van der Waals surface area contributed by atoms with E-state index in [0.717, 1.165) is 18.9 Å². The summed E-state index contributed by atoms with van der Waals surface area (Å²) in [4.78, 5) is 8.13. The lowest BCUT2D eigenvalue weighted by Gasteiger charge is -2.11. The average Bonchev–Trinajstić information content (AvgIpc) is 2.27. The summed E-state index contributed by atoms with van der Waals surface area (Å²) in [6.45, 7) is 7.73. The highest BCUT2D eigenvalue weighted by molar-refractivity contribution is 5.36. The van der Waals surface area contributed by atoms with Gasteiger partial charge in [0.1, 0.15) is 12.1 Å². The molecule has 1 aromatic rings. The summed E-state index contributed by atoms with van der Waals surface area (Å²) in [6.07, 6.45) is 1.25. The second-order valence-corrected chi connectivity index (χ2v) is 4.39. The Morgan fingerprint density at radius 3 is 2.72 bits per heavy atom. The van der Waals surface area contributed by atoms with Crippen LogP contribution >= 0.6 is 0 Å². The summed E-state index contributed by atoms with van der Waals surface area (Å²) in [5, 5.41) is 15.3. The molecule has 0 aliphatic carbocycles. The lowest BCUT2D eigenvalue weighted by molar-refractivity contribution is 0.192. The summed E-state index contributed by atoms with van der Waals surface area (Å²) in [7, 11) is 0. The van der Waals surface area contributed by atoms with Crippen molar-refractivity contribution in [3.8, 4) is 5.88 Å². The van der Waals surface area contributed by atoms with Crippen molar-refractivity contribution in [3.05, 3.63) is 12.4 Å². The largest absolute Gasteiger partial charge is 0.475 e. The maximum atomic E-state index is 9.07. The van der Waals surface area contributed by atoms with Crippen LogP contribution in [0.2, 0.25) is 0 Å². The molecule has 1 rings (SSSR count). The Balaban J connectivity index is 2.29. The smallest absolute Gasteiger partial charge is 0.218 e. The number of nitrogens with one attached hydrogen (secondary N) is 2. The second-order valence-electron chi connectivity index (χ2n) is 4.39. The molecule has 3 N–H and O–H groups in total. The molecule has 0 saturated carbocycles. The quantitative estimate of drug-likeness (QED) is 0.591. The summed E-state index contributed by atoms with van der Waals surface area (Å²) >= 11 is 0. The Morgan fingerprint density at radius 2 is 2.06 bits per heavy atom. The molecule has 102 valence electrons. The van der Waals surface area contributed by atoms with E-state index in [1.807, 2.05) is 13.8 Å². The molecule has 0 fully saturated rings. The van der Waals surface area contributed by atoms with Crippen molar-refractivity contribution in [2.45, 2.75) is 33.0 Å². The van der Waals surface area contributed by atoms with Crippen LogP contribution in [-0.4, -0.2) is 46.9 Å². The molecule has 0 aliphatic rings. The van der Waals surface area contributed by atoms with Gasteiger partial charge in [0, 0.05) is 25.7 Å². The van der Waals surface area contributed by atoms with Gasteiger partial charge < -0.3 is 20.5 Å². The first-order chi connectivity index (χ1) is 8.58. The number of hydrogen-bond acceptors (Lipinski definition) is 6. The maximum Gasteiger partial charge on any atom is 0.218 e. The summed E-state index contributed by atoms with van der Waals surface area (Å²) in [6, 6.07) is 1.77. The number of aliphatic hydroxyl groups is 1. The number of aromatic nitrogens is 2. The van der Waals surface area contributed by atoms with Gasteiger partial charge in [-0.2, -0.15) is 0 Å². The summed E-state index contributed by atoms with van der Waals surface area (Å²) < 4.78 is 5.47. The van der Waals surface area contributed by atoms with Crippen molar-refractivity contribution in [1.29, 1.82) is 0 Å². The van der Waals surface area contributed by atoms with Crippen molar-refractivity contribution in [2.24, 2.45) is 0 Å². The van der Waals surface area contributed by atoms with Gasteiger partial charge in [-0.3, -0.25) is 0 Å². The first kappa shape index (κ1) is 14.7. The van der Waals surface area contributed by atoms with Crippen LogP contribution in [0.5, 0.6) is 5.88 Å². The third kappa shape index (κ3) is 6.36. The van der Waals surface area contributed by atoms with Crippen LogP contribution in [0.15, 0.2) is 12.4 Å². The van der Waals surface area contributed by atoms with E-state index < -0.39 is 0 Å². The number of rotatable bonds is 8. The molecular formula is C12H22N4O2. The molecule has 0 bridgehead atoms. The Labute approximate surface area is 108 Å². The number of hydrogen-bond donors (Lipinski definition) is 3. The van der Waals surface area contributed by atoms with Gasteiger partial charge in [-0.25, -0.2) is 9.97 Å². The molecule has 6 heteroatoms. The minimum Gasteiger partial charge on any atom is -0.475 e. The minimum absolute atomic E-state index is 0.0976. The molecule has 0 amide bonds. The van der Waals surface area contributed by atoms with Gasteiger partial charge in [0.05, 0.1) is 12.2 Å². The first-order valence-corrected chi connectivity index (χ1v) is 6.19. The molecule has 0 radical (unpaired) electrons. The van der Waals surface area contributed by atoms with E-state index in [-0.39, 0.29) is 12.2 Å². The molecule has 0 aliphatic heterocycles. The van der Waals surface area contributed by atoms with Gasteiger partial charge in [-0.05, 0) is 20.8 Å². The maximum absolute atomic E-state index is 9.07. The predicted octanol–water partition coefficient (Wildman–Crippen LogP) is 0.646. The van der Waals surface area contributed by atoms with Crippen LogP contribution in [0, 0.1) is 0 Å². The van der Waals surface area contributed by atoms with Crippen molar-refractivity contribution in [1.82, 2.24) is 15.3 Å². The van der Waals surface area contributed by atoms with E-state index in [4.69, 9.17) is 9.84 Å². The van der Waals surface area contributed by atoms with Crippen LogP contribution < -0.4 is 15.4 Å². The Hall–Kier alpha value is -1.40. The second kappa shape index (κ2) is 7.84. The van der Waals surface area contributed by atoms with E-state index in [0.29, 0.717) is 12.4 Å². The third-order valence-corrected chi connectivity index (χ3v) is 2.05. The molecule has 0 saturated heterocycles. The summed E-state index contributed by atoms with van der Waals surface area (Å²) in [5.41, 5.74) is 0. The fourth-order valence-electron chi connectivity index (χ4n) is 1.33. The van der Waals surface area contributed by atoms with Gasteiger partial charge >= 0.3 is 0 Å². The molecule has 1 heterocycles. The number of ether oxygens (including phenoxy) is 1. The number of aliphatic hydroxyl groups excluding tert-OH is 1. The van der Waals surface area contributed by atoms with Crippen molar-refractivity contribution >= 4 is 5.82 Å². The minimum atomic E-state index is -0.324. The molecule has 18 heavy (non-hydrogen) atoms. The van der Waals surface area contributed by atoms with Crippen LogP contribution in [-0.2, 0) is 0 Å². The van der Waals surface area contributed by atoms with Crippen molar-refractivity contribution < 1.29 is 9.84 Å². The molecule has 1 aromatic heterocycles. The zero-order chi connectivity index (χ0) is 13.4. The summed E-state index contributed by atoms with van der Waals surface area (Å²) in [5.74, 6) is 1.30. The van der Waals surface area contributed by atoms with Crippen LogP contribution in [0.4, 0.5) is 5.82 Å². The predicted molar refractivity (Wildman–Crippen MR) is 70.8 cm³/mol. The Morgan fingerprint density at radius 1 is 1.28 bits per heavy atom. The van der Waals surface area contributed by atoms with E-state index >= 15 is 0 Å². The molecule has 1 atom stereocenters. The van der Waals surface area contributed by atoms with E-state index in [9.17, 15) is 0 Å². The molecular weight excluding hydrogens is 232 g/mol. The van der Waals surface area contributed by atoms with Gasteiger partial charge in [0.25, 0.3) is 0 Å². The van der Waals surface area contributed by atoms with Crippen LogP contribution in [0.25, 0.3) is 0 Å². The first-order valence-electron chi connectivity index (χ1n) is 6.19. The van der Waals surface area contributed by atoms with Gasteiger partial charge in [0.15, 0.2) is 0 Å². The van der Waals surface area contributed by atoms with Crippen LogP contribution in [0.1, 0.15) is 20.8 Å². The molecule has 0 aromatic carbocycles. The lowest BCUT2D eigenvalue weighted by Crippen LogP contribution is -2.29. The molecule has 1 unspecified atom stereocenters. The number of anilines is 1. The zero-order valence-electron chi connectivity index (χ0n) is 11.2. The van der Waals surface area contributed by atoms with Crippen molar-refractivity contribution in [3.63, 3.8) is 0 Å². The highest BCUT2D eigenvalue weighted by Gasteiger charge is 2.01. The molecule has 6 nitrogen and oxygen atoms in total. The highest BCUT2D eigenvalue weighted by Crippen LogP contribution is 2.11. The van der Waals surface area contributed by atoms with Gasteiger partial charge in [-0.15, -0.1) is 0 Å². The van der Waals surface area contributed by atoms with Gasteiger partial charge in [-0.1, -0.05) is 0 Å². The monoisotopic (exact) mass is 254 g/mol. The van der Waals surface area contributed by atoms with E-state index in [1.165, 1.54) is 6.33 Å². The Kier molecular flexibility index (Phi) is 6.38. The highest BCUT2D eigenvalue weighted by atomic mass is 16.5. The third-order valence-electron chi connectivity index (χ3n) is 2.05. The van der Waals surface area contributed by atoms with Crippen molar-refractivity contribution in [2.75, 3.05) is 25.0 Å². The number of nitrogens with zero attached hydrogens (tertiary/aromatic N) is 2. The van der Waals surface area contributed by atoms with Gasteiger partial charge in [0.2, 0.25) is 5.88 Å². The van der Waals surface area contributed by atoms with E-state index in [1.54, 1.807) is 13.0 Å². The SMILES string of the molecule is CC(O)CNCCNc1cc(OC(C)C)ncn1. The standard InChI is InChI=1S/C12H22N4O2/c1-9(2)18-12-6-11(15-8-16-12)14-5-4-13-7-10(3)17/h6,8-10,13,17H,4-5,7H2,1-3H3,(H,14,15,16). The average molecular weight is 254 g/mol.